The van der Waals surface area contributed by atoms with E-state index in [1.54, 1.807) is 10.6 Å². The number of hydrogen-bond acceptors (Lipinski definition) is 3. The number of hydrogen-bond donors (Lipinski definition) is 1. The minimum atomic E-state index is -0.226. The first-order chi connectivity index (χ1) is 13.6. The van der Waals surface area contributed by atoms with Gasteiger partial charge in [0.25, 0.3) is 5.56 Å². The molecule has 0 saturated carbocycles. The standard InChI is InChI=1S/C22H20N4O2/c1-14-11-21-25(22(28)18-7-2-3-8-19(18)26(21)24-14)13-20(27)23-17-10-9-15-5-4-6-16(15)12-17/h2-3,7-12H,4-6,13H2,1H3,(H,23,27). The van der Waals surface area contributed by atoms with E-state index in [-0.39, 0.29) is 18.0 Å². The van der Waals surface area contributed by atoms with Crippen molar-refractivity contribution in [2.45, 2.75) is 32.7 Å². The highest BCUT2D eigenvalue weighted by atomic mass is 16.2. The summed E-state index contributed by atoms with van der Waals surface area (Å²) in [5.74, 6) is -0.226. The molecule has 6 heteroatoms. The highest BCUT2D eigenvalue weighted by Crippen LogP contribution is 2.25. The van der Waals surface area contributed by atoms with Gasteiger partial charge in [-0.05, 0) is 61.6 Å². The number of aryl methyl sites for hydroxylation is 3. The normalized spacial score (nSPS) is 13.2. The number of carbonyl (C=O) groups excluding carboxylic acids is 1. The van der Waals surface area contributed by atoms with E-state index in [1.165, 1.54) is 15.7 Å². The zero-order chi connectivity index (χ0) is 19.3. The van der Waals surface area contributed by atoms with Crippen LogP contribution in [0, 0.1) is 6.92 Å². The molecule has 5 rings (SSSR count). The minimum absolute atomic E-state index is 0.0601. The van der Waals surface area contributed by atoms with Gasteiger partial charge in [-0.1, -0.05) is 18.2 Å². The van der Waals surface area contributed by atoms with Crippen LogP contribution in [0.15, 0.2) is 53.3 Å². The topological polar surface area (TPSA) is 68.4 Å². The molecule has 4 aromatic rings. The summed E-state index contributed by atoms with van der Waals surface area (Å²) in [7, 11) is 0. The lowest BCUT2D eigenvalue weighted by Gasteiger charge is -2.12. The van der Waals surface area contributed by atoms with Crippen LogP contribution in [0.3, 0.4) is 0 Å². The smallest absolute Gasteiger partial charge is 0.262 e. The van der Waals surface area contributed by atoms with E-state index < -0.39 is 0 Å². The first kappa shape index (κ1) is 16.7. The summed E-state index contributed by atoms with van der Waals surface area (Å²) in [5.41, 5.74) is 5.40. The second-order valence-corrected chi connectivity index (χ2v) is 7.35. The Morgan fingerprint density at radius 3 is 2.82 bits per heavy atom. The van der Waals surface area contributed by atoms with Crippen molar-refractivity contribution in [3.63, 3.8) is 0 Å². The Bertz CT molecular complexity index is 1300. The number of para-hydroxylation sites is 1. The number of benzene rings is 2. The molecule has 1 aliphatic rings. The summed E-state index contributed by atoms with van der Waals surface area (Å²) in [5, 5.41) is 7.98. The molecule has 0 aliphatic heterocycles. The van der Waals surface area contributed by atoms with Crippen molar-refractivity contribution in [3.05, 3.63) is 75.7 Å². The van der Waals surface area contributed by atoms with Crippen LogP contribution < -0.4 is 10.9 Å². The molecular weight excluding hydrogens is 352 g/mol. The quantitative estimate of drug-likeness (QED) is 0.601. The van der Waals surface area contributed by atoms with E-state index in [9.17, 15) is 9.59 Å². The van der Waals surface area contributed by atoms with E-state index >= 15 is 0 Å². The van der Waals surface area contributed by atoms with Crippen molar-refractivity contribution in [2.75, 3.05) is 5.32 Å². The number of amides is 1. The number of nitrogens with one attached hydrogen (secondary N) is 1. The molecule has 2 aromatic heterocycles. The van der Waals surface area contributed by atoms with Gasteiger partial charge in [0, 0.05) is 11.8 Å². The van der Waals surface area contributed by atoms with Crippen molar-refractivity contribution in [1.29, 1.82) is 0 Å². The summed E-state index contributed by atoms with van der Waals surface area (Å²) in [6, 6.07) is 15.2. The lowest BCUT2D eigenvalue weighted by molar-refractivity contribution is -0.116. The fourth-order valence-corrected chi connectivity index (χ4v) is 4.09. The monoisotopic (exact) mass is 372 g/mol. The van der Waals surface area contributed by atoms with Gasteiger partial charge in [-0.25, -0.2) is 4.52 Å². The van der Waals surface area contributed by atoms with Crippen LogP contribution >= 0.6 is 0 Å². The molecule has 28 heavy (non-hydrogen) atoms. The SMILES string of the molecule is Cc1cc2n(CC(=O)Nc3ccc4c(c3)CCC4)c(=O)c3ccccc3n2n1. The van der Waals surface area contributed by atoms with E-state index in [0.29, 0.717) is 11.0 Å². The molecule has 0 atom stereocenters. The average Bonchev–Trinajstić information content (AvgIpc) is 3.31. The lowest BCUT2D eigenvalue weighted by atomic mass is 10.1. The molecule has 2 heterocycles. The van der Waals surface area contributed by atoms with Gasteiger partial charge in [-0.3, -0.25) is 14.2 Å². The zero-order valence-corrected chi connectivity index (χ0v) is 15.6. The van der Waals surface area contributed by atoms with Gasteiger partial charge in [0.1, 0.15) is 12.2 Å². The predicted molar refractivity (Wildman–Crippen MR) is 109 cm³/mol. The highest BCUT2D eigenvalue weighted by molar-refractivity contribution is 5.91. The lowest BCUT2D eigenvalue weighted by Crippen LogP contribution is -2.29. The summed E-state index contributed by atoms with van der Waals surface area (Å²) >= 11 is 0. The maximum atomic E-state index is 13.0. The van der Waals surface area contributed by atoms with E-state index in [4.69, 9.17) is 0 Å². The molecule has 1 aliphatic carbocycles. The van der Waals surface area contributed by atoms with E-state index in [1.807, 2.05) is 43.3 Å². The third-order valence-electron chi connectivity index (χ3n) is 5.38. The molecule has 6 nitrogen and oxygen atoms in total. The Morgan fingerprint density at radius 1 is 1.11 bits per heavy atom. The molecule has 0 unspecified atom stereocenters. The van der Waals surface area contributed by atoms with Gasteiger partial charge < -0.3 is 5.32 Å². The molecule has 0 spiro atoms. The van der Waals surface area contributed by atoms with Crippen LogP contribution in [0.25, 0.3) is 16.6 Å². The first-order valence-electron chi connectivity index (χ1n) is 9.50. The first-order valence-corrected chi connectivity index (χ1v) is 9.50. The molecule has 1 amide bonds. The third-order valence-corrected chi connectivity index (χ3v) is 5.38. The summed E-state index contributed by atoms with van der Waals surface area (Å²) in [4.78, 5) is 25.8. The van der Waals surface area contributed by atoms with Crippen LogP contribution in [0.4, 0.5) is 5.69 Å². The third kappa shape index (κ3) is 2.69. The number of carbonyl (C=O) groups is 1. The van der Waals surface area contributed by atoms with Gasteiger partial charge in [-0.15, -0.1) is 0 Å². The van der Waals surface area contributed by atoms with Gasteiger partial charge in [0.15, 0.2) is 0 Å². The van der Waals surface area contributed by atoms with Crippen LogP contribution in [-0.2, 0) is 24.2 Å². The van der Waals surface area contributed by atoms with Gasteiger partial charge >= 0.3 is 0 Å². The number of rotatable bonds is 3. The van der Waals surface area contributed by atoms with Gasteiger partial charge in [0.05, 0.1) is 16.6 Å². The number of nitrogens with zero attached hydrogens (tertiary/aromatic N) is 3. The number of fused-ring (bicyclic) bond motifs is 4. The molecule has 0 fully saturated rings. The molecule has 0 bridgehead atoms. The molecule has 1 N–H and O–H groups in total. The van der Waals surface area contributed by atoms with Crippen LogP contribution in [0.2, 0.25) is 0 Å². The summed E-state index contributed by atoms with van der Waals surface area (Å²) in [6.45, 7) is 1.82. The van der Waals surface area contributed by atoms with E-state index in [2.05, 4.69) is 16.5 Å². The average molecular weight is 372 g/mol. The Kier molecular flexibility index (Phi) is 3.79. The Labute approximate surface area is 161 Å². The van der Waals surface area contributed by atoms with Crippen molar-refractivity contribution in [1.82, 2.24) is 14.2 Å². The molecule has 0 radical (unpaired) electrons. The fourth-order valence-electron chi connectivity index (χ4n) is 4.09. The van der Waals surface area contributed by atoms with Crippen molar-refractivity contribution in [2.24, 2.45) is 0 Å². The Morgan fingerprint density at radius 2 is 1.93 bits per heavy atom. The molecule has 140 valence electrons. The van der Waals surface area contributed by atoms with Crippen molar-refractivity contribution >= 4 is 28.1 Å². The summed E-state index contributed by atoms with van der Waals surface area (Å²) < 4.78 is 3.22. The maximum absolute atomic E-state index is 13.0. The van der Waals surface area contributed by atoms with Crippen LogP contribution in [0.1, 0.15) is 23.2 Å². The van der Waals surface area contributed by atoms with Crippen molar-refractivity contribution in [3.8, 4) is 0 Å². The minimum Gasteiger partial charge on any atom is -0.325 e. The predicted octanol–water partition coefficient (Wildman–Crippen LogP) is 3.09. The van der Waals surface area contributed by atoms with E-state index in [0.717, 1.165) is 36.2 Å². The largest absolute Gasteiger partial charge is 0.325 e. The number of anilines is 1. The van der Waals surface area contributed by atoms with Crippen LogP contribution in [-0.4, -0.2) is 20.1 Å². The number of aromatic nitrogens is 3. The zero-order valence-electron chi connectivity index (χ0n) is 15.6. The molecular formula is C22H20N4O2. The highest BCUT2D eigenvalue weighted by Gasteiger charge is 2.16. The Hall–Kier alpha value is -3.41. The summed E-state index contributed by atoms with van der Waals surface area (Å²) in [6.07, 6.45) is 3.32. The van der Waals surface area contributed by atoms with Gasteiger partial charge in [0.2, 0.25) is 5.91 Å². The molecule has 2 aromatic carbocycles. The fraction of sp³-hybridized carbons (Fsp3) is 0.227. The van der Waals surface area contributed by atoms with Crippen molar-refractivity contribution < 1.29 is 4.79 Å². The second-order valence-electron chi connectivity index (χ2n) is 7.35. The Balaban J connectivity index is 1.53. The van der Waals surface area contributed by atoms with Crippen LogP contribution in [0.5, 0.6) is 0 Å². The molecule has 0 saturated heterocycles. The second kappa shape index (κ2) is 6.34. The maximum Gasteiger partial charge on any atom is 0.262 e. The van der Waals surface area contributed by atoms with Gasteiger partial charge in [-0.2, -0.15) is 5.10 Å².